The van der Waals surface area contributed by atoms with Crippen LogP contribution < -0.4 is 0 Å². The number of carbonyl (C=O) groups excluding carboxylic acids is 1. The maximum atomic E-state index is 11.8. The van der Waals surface area contributed by atoms with E-state index in [1.807, 2.05) is 0 Å². The number of halogens is 1. The normalized spacial score (nSPS) is 10.1. The summed E-state index contributed by atoms with van der Waals surface area (Å²) in [5.74, 6) is -0.0984. The van der Waals surface area contributed by atoms with Crippen LogP contribution >= 0.6 is 15.9 Å². The third-order valence-electron chi connectivity index (χ3n) is 1.79. The Hall–Kier alpha value is -1.42. The highest BCUT2D eigenvalue weighted by Gasteiger charge is 2.14. The summed E-state index contributed by atoms with van der Waals surface area (Å²) in [5.41, 5.74) is 1.06. The number of carbonyl (C=O) groups is 1. The molecule has 0 spiro atoms. The van der Waals surface area contributed by atoms with Gasteiger partial charge in [-0.3, -0.25) is 9.78 Å². The molecule has 70 valence electrons. The van der Waals surface area contributed by atoms with Gasteiger partial charge in [0.15, 0.2) is 10.5 Å². The quantitative estimate of drug-likeness (QED) is 0.771. The van der Waals surface area contributed by atoms with Crippen LogP contribution in [0.3, 0.4) is 0 Å². The molecule has 0 unspecified atom stereocenters. The Morgan fingerprint density at radius 1 is 1.43 bits per heavy atom. The van der Waals surface area contributed by atoms with Crippen LogP contribution in [0.2, 0.25) is 0 Å². The third-order valence-corrected chi connectivity index (χ3v) is 2.40. The minimum absolute atomic E-state index is 0.0984. The zero-order valence-corrected chi connectivity index (χ0v) is 8.69. The van der Waals surface area contributed by atoms with E-state index in [9.17, 15) is 4.79 Å². The fourth-order valence-corrected chi connectivity index (χ4v) is 1.53. The topological polar surface area (TPSA) is 43.1 Å². The fourth-order valence-electron chi connectivity index (χ4n) is 1.11. The zero-order chi connectivity index (χ0) is 9.97. The van der Waals surface area contributed by atoms with E-state index < -0.39 is 0 Å². The van der Waals surface area contributed by atoms with Crippen molar-refractivity contribution in [2.75, 3.05) is 0 Å². The Bertz CT molecular complexity index is 450. The van der Waals surface area contributed by atoms with E-state index in [2.05, 4.69) is 20.9 Å². The van der Waals surface area contributed by atoms with Gasteiger partial charge in [-0.15, -0.1) is 0 Å². The molecule has 4 heteroatoms. The summed E-state index contributed by atoms with van der Waals surface area (Å²) in [6.07, 6.45) is 4.62. The largest absolute Gasteiger partial charge is 0.457 e. The minimum Gasteiger partial charge on any atom is -0.457 e. The van der Waals surface area contributed by atoms with E-state index in [-0.39, 0.29) is 5.78 Å². The molecule has 2 aromatic heterocycles. The Balaban J connectivity index is 2.39. The molecule has 0 radical (unpaired) electrons. The van der Waals surface area contributed by atoms with Gasteiger partial charge in [-0.1, -0.05) is 0 Å². The lowest BCUT2D eigenvalue weighted by atomic mass is 10.1. The van der Waals surface area contributed by atoms with E-state index >= 15 is 0 Å². The van der Waals surface area contributed by atoms with Gasteiger partial charge in [-0.2, -0.15) is 0 Å². The average Bonchev–Trinajstić information content (AvgIpc) is 2.65. The minimum atomic E-state index is -0.0984. The Labute approximate surface area is 88.9 Å². The van der Waals surface area contributed by atoms with Crippen molar-refractivity contribution in [3.8, 4) is 0 Å². The maximum absolute atomic E-state index is 11.8. The summed E-state index contributed by atoms with van der Waals surface area (Å²) in [5, 5.41) is 0. The molecule has 2 rings (SSSR count). The lowest BCUT2D eigenvalue weighted by Gasteiger charge is -1.96. The molecule has 0 aliphatic heterocycles. The van der Waals surface area contributed by atoms with Gasteiger partial charge in [-0.05, 0) is 34.1 Å². The molecule has 0 aliphatic carbocycles. The number of hydrogen-bond acceptors (Lipinski definition) is 3. The molecule has 0 N–H and O–H groups in total. The standard InChI is InChI=1S/C10H6BrNO2/c11-10-8(3-5-14-10)9(13)7-2-1-4-12-6-7/h1-6H. The highest BCUT2D eigenvalue weighted by molar-refractivity contribution is 9.10. The van der Waals surface area contributed by atoms with Crippen molar-refractivity contribution < 1.29 is 9.21 Å². The predicted molar refractivity (Wildman–Crippen MR) is 54.1 cm³/mol. The van der Waals surface area contributed by atoms with Crippen LogP contribution in [0, 0.1) is 0 Å². The van der Waals surface area contributed by atoms with Gasteiger partial charge in [0.25, 0.3) is 0 Å². The lowest BCUT2D eigenvalue weighted by molar-refractivity contribution is 0.103. The van der Waals surface area contributed by atoms with Gasteiger partial charge in [-0.25, -0.2) is 0 Å². The van der Waals surface area contributed by atoms with Gasteiger partial charge in [0.05, 0.1) is 11.8 Å². The van der Waals surface area contributed by atoms with Gasteiger partial charge in [0, 0.05) is 18.0 Å². The molecule has 0 amide bonds. The molecular weight excluding hydrogens is 246 g/mol. The highest BCUT2D eigenvalue weighted by atomic mass is 79.9. The molecular formula is C10H6BrNO2. The first-order valence-electron chi connectivity index (χ1n) is 3.97. The number of nitrogens with zero attached hydrogens (tertiary/aromatic N) is 1. The van der Waals surface area contributed by atoms with Gasteiger partial charge in [0.1, 0.15) is 0 Å². The molecule has 0 saturated carbocycles. The molecule has 2 heterocycles. The molecule has 0 fully saturated rings. The van der Waals surface area contributed by atoms with E-state index in [1.165, 1.54) is 12.5 Å². The average molecular weight is 252 g/mol. The van der Waals surface area contributed by atoms with Crippen molar-refractivity contribution in [1.82, 2.24) is 4.98 Å². The summed E-state index contributed by atoms with van der Waals surface area (Å²) in [4.78, 5) is 15.7. The number of furan rings is 1. The number of aromatic nitrogens is 1. The summed E-state index contributed by atoms with van der Waals surface area (Å²) in [7, 11) is 0. The van der Waals surface area contributed by atoms with E-state index in [1.54, 1.807) is 24.4 Å². The van der Waals surface area contributed by atoms with Gasteiger partial charge < -0.3 is 4.42 Å². The van der Waals surface area contributed by atoms with Crippen LogP contribution in [0.1, 0.15) is 15.9 Å². The first kappa shape index (κ1) is 9.15. The van der Waals surface area contributed by atoms with Gasteiger partial charge >= 0.3 is 0 Å². The molecule has 14 heavy (non-hydrogen) atoms. The van der Waals surface area contributed by atoms with E-state index in [0.29, 0.717) is 15.8 Å². The second kappa shape index (κ2) is 3.75. The van der Waals surface area contributed by atoms with Crippen LogP contribution in [-0.2, 0) is 0 Å². The first-order valence-corrected chi connectivity index (χ1v) is 4.76. The molecule has 0 atom stereocenters. The molecule has 2 aromatic rings. The smallest absolute Gasteiger partial charge is 0.199 e. The number of pyridine rings is 1. The second-order valence-electron chi connectivity index (χ2n) is 2.68. The van der Waals surface area contributed by atoms with E-state index in [0.717, 1.165) is 0 Å². The summed E-state index contributed by atoms with van der Waals surface area (Å²) in [6, 6.07) is 5.06. The molecule has 0 aliphatic rings. The molecule has 0 saturated heterocycles. The predicted octanol–water partition coefficient (Wildman–Crippen LogP) is 2.67. The number of rotatable bonds is 2. The molecule has 3 nitrogen and oxygen atoms in total. The maximum Gasteiger partial charge on any atom is 0.199 e. The monoisotopic (exact) mass is 251 g/mol. The molecule has 0 aromatic carbocycles. The van der Waals surface area contributed by atoms with Crippen molar-refractivity contribution >= 4 is 21.7 Å². The molecule has 0 bridgehead atoms. The van der Waals surface area contributed by atoms with E-state index in [4.69, 9.17) is 4.42 Å². The number of hydrogen-bond donors (Lipinski definition) is 0. The van der Waals surface area contributed by atoms with Crippen LogP contribution in [0.4, 0.5) is 0 Å². The second-order valence-corrected chi connectivity index (χ2v) is 3.40. The fraction of sp³-hybridized carbons (Fsp3) is 0. The van der Waals surface area contributed by atoms with Crippen molar-refractivity contribution in [2.45, 2.75) is 0 Å². The Morgan fingerprint density at radius 2 is 2.29 bits per heavy atom. The number of ketones is 1. The Kier molecular flexibility index (Phi) is 2.45. The van der Waals surface area contributed by atoms with Crippen molar-refractivity contribution in [3.63, 3.8) is 0 Å². The van der Waals surface area contributed by atoms with Crippen LogP contribution in [0.15, 0.2) is 45.9 Å². The van der Waals surface area contributed by atoms with Crippen molar-refractivity contribution in [2.24, 2.45) is 0 Å². The van der Waals surface area contributed by atoms with Crippen LogP contribution in [0.5, 0.6) is 0 Å². The van der Waals surface area contributed by atoms with Crippen molar-refractivity contribution in [1.29, 1.82) is 0 Å². The Morgan fingerprint density at radius 3 is 2.86 bits per heavy atom. The SMILES string of the molecule is O=C(c1cccnc1)c1ccoc1Br. The van der Waals surface area contributed by atoms with Crippen LogP contribution in [0.25, 0.3) is 0 Å². The first-order chi connectivity index (χ1) is 6.79. The van der Waals surface area contributed by atoms with Gasteiger partial charge in [0.2, 0.25) is 0 Å². The lowest BCUT2D eigenvalue weighted by Crippen LogP contribution is -2.00. The summed E-state index contributed by atoms with van der Waals surface area (Å²) < 4.78 is 5.43. The zero-order valence-electron chi connectivity index (χ0n) is 7.11. The third kappa shape index (κ3) is 1.61. The summed E-state index contributed by atoms with van der Waals surface area (Å²) in [6.45, 7) is 0. The summed E-state index contributed by atoms with van der Waals surface area (Å²) >= 11 is 3.16. The highest BCUT2D eigenvalue weighted by Crippen LogP contribution is 2.20. The van der Waals surface area contributed by atoms with Crippen LogP contribution in [-0.4, -0.2) is 10.8 Å². The van der Waals surface area contributed by atoms with Crippen molar-refractivity contribution in [3.05, 3.63) is 52.7 Å².